The largest absolute Gasteiger partial charge is 0.250 e. The van der Waals surface area contributed by atoms with E-state index in [4.69, 9.17) is 34.8 Å². The summed E-state index contributed by atoms with van der Waals surface area (Å²) in [5.74, 6) is -0.706. The van der Waals surface area contributed by atoms with Crippen LogP contribution in [0.1, 0.15) is 0 Å². The second-order valence-corrected chi connectivity index (χ2v) is 3.50. The van der Waals surface area contributed by atoms with E-state index < -0.39 is 5.82 Å². The van der Waals surface area contributed by atoms with Gasteiger partial charge in [0.15, 0.2) is 11.0 Å². The van der Waals surface area contributed by atoms with Gasteiger partial charge < -0.3 is 0 Å². The van der Waals surface area contributed by atoms with E-state index in [0.29, 0.717) is 0 Å². The Balaban J connectivity index is 2.95. The minimum atomic E-state index is -0.706. The molecule has 0 bridgehead atoms. The van der Waals surface area contributed by atoms with Crippen LogP contribution in [0.2, 0.25) is 15.5 Å². The molecule has 3 nitrogen and oxygen atoms in total. The topological polar surface area (TPSA) is 38.7 Å². The molecule has 2 rings (SSSR count). The van der Waals surface area contributed by atoms with Gasteiger partial charge in [-0.25, -0.2) is 19.3 Å². The molecule has 0 aliphatic carbocycles. The van der Waals surface area contributed by atoms with Crippen molar-refractivity contribution < 1.29 is 4.39 Å². The average Bonchev–Trinajstić information content (AvgIpc) is 2.12. The molecule has 0 aliphatic rings. The molecule has 2 heterocycles. The normalized spacial score (nSPS) is 10.9. The quantitative estimate of drug-likeness (QED) is 0.534. The number of rotatable bonds is 0. The zero-order valence-corrected chi connectivity index (χ0v) is 8.70. The summed E-state index contributed by atoms with van der Waals surface area (Å²) < 4.78 is 13.4. The molecule has 2 aromatic rings. The maximum absolute atomic E-state index is 13.4. The molecule has 7 heteroatoms. The maximum atomic E-state index is 13.4. The highest BCUT2D eigenvalue weighted by Crippen LogP contribution is 2.25. The van der Waals surface area contributed by atoms with Crippen molar-refractivity contribution in [3.05, 3.63) is 27.5 Å². The van der Waals surface area contributed by atoms with Gasteiger partial charge in [0.05, 0.1) is 5.02 Å². The van der Waals surface area contributed by atoms with Crippen molar-refractivity contribution in [1.29, 1.82) is 0 Å². The van der Waals surface area contributed by atoms with Crippen LogP contribution in [0, 0.1) is 5.82 Å². The molecule has 0 spiro atoms. The molecule has 0 saturated carbocycles. The number of aromatic nitrogens is 3. The highest BCUT2D eigenvalue weighted by atomic mass is 35.5. The molecule has 2 aromatic heterocycles. The van der Waals surface area contributed by atoms with Crippen molar-refractivity contribution >= 4 is 45.8 Å². The summed E-state index contributed by atoms with van der Waals surface area (Å²) >= 11 is 16.7. The number of hydrogen-bond acceptors (Lipinski definition) is 3. The minimum Gasteiger partial charge on any atom is -0.250 e. The summed E-state index contributed by atoms with van der Waals surface area (Å²) in [6.45, 7) is 0. The first-order valence-electron chi connectivity index (χ1n) is 3.42. The zero-order chi connectivity index (χ0) is 10.3. The summed E-state index contributed by atoms with van der Waals surface area (Å²) in [7, 11) is 0. The van der Waals surface area contributed by atoms with E-state index in [0.717, 1.165) is 6.20 Å². The molecule has 0 unspecified atom stereocenters. The monoisotopic (exact) mass is 251 g/mol. The standard InChI is InChI=1S/C7HCl3FN3/c8-2-1-12-5-4(3(2)11)13-7(10)14-6(5)9/h1H. The van der Waals surface area contributed by atoms with Crippen LogP contribution in [-0.4, -0.2) is 15.0 Å². The Morgan fingerprint density at radius 1 is 1.07 bits per heavy atom. The van der Waals surface area contributed by atoms with Gasteiger partial charge in [0.25, 0.3) is 0 Å². The summed E-state index contributed by atoms with van der Waals surface area (Å²) in [6, 6.07) is 0. The Hall–Kier alpha value is -0.710. The number of hydrogen-bond donors (Lipinski definition) is 0. The zero-order valence-electron chi connectivity index (χ0n) is 6.43. The first-order valence-corrected chi connectivity index (χ1v) is 4.55. The van der Waals surface area contributed by atoms with Crippen molar-refractivity contribution in [1.82, 2.24) is 15.0 Å². The smallest absolute Gasteiger partial charge is 0.224 e. The first kappa shape index (κ1) is 9.83. The predicted molar refractivity (Wildman–Crippen MR) is 52.3 cm³/mol. The summed E-state index contributed by atoms with van der Waals surface area (Å²) in [5, 5.41) is -0.288. The van der Waals surface area contributed by atoms with Crippen LogP contribution in [0.3, 0.4) is 0 Å². The Labute approximate surface area is 92.8 Å². The fourth-order valence-electron chi connectivity index (χ4n) is 0.960. The Morgan fingerprint density at radius 3 is 2.50 bits per heavy atom. The van der Waals surface area contributed by atoms with Gasteiger partial charge in [0.1, 0.15) is 11.0 Å². The highest BCUT2D eigenvalue weighted by molar-refractivity contribution is 6.36. The van der Waals surface area contributed by atoms with Crippen LogP contribution < -0.4 is 0 Å². The first-order chi connectivity index (χ1) is 6.59. The van der Waals surface area contributed by atoms with E-state index in [9.17, 15) is 4.39 Å². The molecule has 0 aromatic carbocycles. The molecule has 0 amide bonds. The fraction of sp³-hybridized carbons (Fsp3) is 0. The lowest BCUT2D eigenvalue weighted by Gasteiger charge is -2.01. The lowest BCUT2D eigenvalue weighted by Crippen LogP contribution is -1.93. The number of fused-ring (bicyclic) bond motifs is 1. The van der Waals surface area contributed by atoms with Crippen LogP contribution in [0.5, 0.6) is 0 Å². The second kappa shape index (κ2) is 3.46. The lowest BCUT2D eigenvalue weighted by molar-refractivity contribution is 0.635. The number of pyridine rings is 1. The summed E-state index contributed by atoms with van der Waals surface area (Å²) in [6.07, 6.45) is 1.14. The van der Waals surface area contributed by atoms with E-state index in [2.05, 4.69) is 15.0 Å². The number of halogens is 4. The van der Waals surface area contributed by atoms with Gasteiger partial charge in [-0.2, -0.15) is 0 Å². The molecule has 72 valence electrons. The third kappa shape index (κ3) is 1.49. The second-order valence-electron chi connectivity index (χ2n) is 2.40. The van der Waals surface area contributed by atoms with Gasteiger partial charge in [-0.05, 0) is 11.6 Å². The summed E-state index contributed by atoms with van der Waals surface area (Å²) in [5.41, 5.74) is 0.0560. The van der Waals surface area contributed by atoms with Crippen molar-refractivity contribution in [2.24, 2.45) is 0 Å². The molecule has 0 saturated heterocycles. The van der Waals surface area contributed by atoms with Gasteiger partial charge >= 0.3 is 0 Å². The van der Waals surface area contributed by atoms with E-state index in [1.54, 1.807) is 0 Å². The fourth-order valence-corrected chi connectivity index (χ4v) is 1.53. The molecule has 0 N–H and O–H groups in total. The SMILES string of the molecule is Fc1c(Cl)cnc2c(Cl)nc(Cl)nc12. The predicted octanol–water partition coefficient (Wildman–Crippen LogP) is 3.12. The van der Waals surface area contributed by atoms with E-state index in [-0.39, 0.29) is 26.5 Å². The van der Waals surface area contributed by atoms with Gasteiger partial charge in [-0.1, -0.05) is 23.2 Å². The van der Waals surface area contributed by atoms with Gasteiger partial charge in [-0.15, -0.1) is 0 Å². The van der Waals surface area contributed by atoms with E-state index in [1.807, 2.05) is 0 Å². The third-order valence-electron chi connectivity index (χ3n) is 1.54. The van der Waals surface area contributed by atoms with Crippen LogP contribution in [0.25, 0.3) is 11.0 Å². The molecular weight excluding hydrogens is 251 g/mol. The Morgan fingerprint density at radius 2 is 1.79 bits per heavy atom. The Kier molecular flexibility index (Phi) is 2.43. The van der Waals surface area contributed by atoms with Gasteiger partial charge in [0.2, 0.25) is 5.28 Å². The van der Waals surface area contributed by atoms with E-state index >= 15 is 0 Å². The third-order valence-corrected chi connectivity index (χ3v) is 2.23. The number of nitrogens with zero attached hydrogens (tertiary/aromatic N) is 3. The molecule has 0 radical (unpaired) electrons. The van der Waals surface area contributed by atoms with E-state index in [1.165, 1.54) is 0 Å². The molecule has 0 atom stereocenters. The van der Waals surface area contributed by atoms with Crippen LogP contribution in [0.15, 0.2) is 6.20 Å². The van der Waals surface area contributed by atoms with Crippen molar-refractivity contribution in [2.75, 3.05) is 0 Å². The van der Waals surface area contributed by atoms with Crippen LogP contribution in [-0.2, 0) is 0 Å². The lowest BCUT2D eigenvalue weighted by atomic mass is 10.3. The molecular formula is C7HCl3FN3. The maximum Gasteiger partial charge on any atom is 0.224 e. The molecule has 0 fully saturated rings. The minimum absolute atomic E-state index is 0.00410. The average molecular weight is 252 g/mol. The van der Waals surface area contributed by atoms with Crippen molar-refractivity contribution in [2.45, 2.75) is 0 Å². The van der Waals surface area contributed by atoms with Crippen molar-refractivity contribution in [3.63, 3.8) is 0 Å². The van der Waals surface area contributed by atoms with Gasteiger partial charge in [-0.3, -0.25) is 0 Å². The van der Waals surface area contributed by atoms with Crippen LogP contribution in [0.4, 0.5) is 4.39 Å². The van der Waals surface area contributed by atoms with Gasteiger partial charge in [0, 0.05) is 6.20 Å². The van der Waals surface area contributed by atoms with Crippen LogP contribution >= 0.6 is 34.8 Å². The van der Waals surface area contributed by atoms with Crippen molar-refractivity contribution in [3.8, 4) is 0 Å². The molecule has 14 heavy (non-hydrogen) atoms. The highest BCUT2D eigenvalue weighted by Gasteiger charge is 2.12. The summed E-state index contributed by atoms with van der Waals surface area (Å²) in [4.78, 5) is 11.1. The Bertz CT molecular complexity index is 517. The molecule has 0 aliphatic heterocycles.